The van der Waals surface area contributed by atoms with Crippen molar-refractivity contribution in [1.29, 1.82) is 0 Å². The Hall–Kier alpha value is -1.78. The van der Waals surface area contributed by atoms with E-state index in [1.54, 1.807) is 19.1 Å². The molecule has 0 saturated carbocycles. The lowest BCUT2D eigenvalue weighted by Gasteiger charge is -2.08. The molecule has 0 atom stereocenters. The summed E-state index contributed by atoms with van der Waals surface area (Å²) >= 11 is 11.8. The number of carbonyl (C=O) groups excluding carboxylic acids is 1. The van der Waals surface area contributed by atoms with Gasteiger partial charge in [-0.2, -0.15) is 0 Å². The van der Waals surface area contributed by atoms with Gasteiger partial charge in [-0.3, -0.25) is 4.79 Å². The van der Waals surface area contributed by atoms with Gasteiger partial charge >= 0.3 is 5.97 Å². The molecule has 0 unspecified atom stereocenters. The van der Waals surface area contributed by atoms with E-state index in [0.717, 1.165) is 0 Å². The van der Waals surface area contributed by atoms with E-state index in [1.165, 1.54) is 18.3 Å². The lowest BCUT2D eigenvalue weighted by Crippen LogP contribution is -2.16. The molecular weight excluding hydrogens is 301 g/mol. The molecule has 4 nitrogen and oxygen atoms in total. The van der Waals surface area contributed by atoms with E-state index >= 15 is 0 Å². The maximum atomic E-state index is 12.0. The molecule has 0 fully saturated rings. The van der Waals surface area contributed by atoms with Crippen LogP contribution in [0.5, 0.6) is 0 Å². The van der Waals surface area contributed by atoms with Crippen LogP contribution in [0.3, 0.4) is 0 Å². The van der Waals surface area contributed by atoms with E-state index in [-0.39, 0.29) is 17.7 Å². The largest absolute Gasteiger partial charge is 0.462 e. The van der Waals surface area contributed by atoms with Gasteiger partial charge < -0.3 is 9.72 Å². The number of nitrogens with one attached hydrogen (secondary N) is 1. The second-order valence-electron chi connectivity index (χ2n) is 3.94. The molecule has 0 aliphatic carbocycles. The Morgan fingerprint density at radius 1 is 1.25 bits per heavy atom. The van der Waals surface area contributed by atoms with Crippen LogP contribution in [-0.2, 0) is 4.74 Å². The normalized spacial score (nSPS) is 10.3. The summed E-state index contributed by atoms with van der Waals surface area (Å²) in [5.74, 6) is -0.556. The molecule has 1 heterocycles. The molecule has 0 aliphatic rings. The fourth-order valence-electron chi connectivity index (χ4n) is 1.80. The Kier molecular flexibility index (Phi) is 4.47. The number of hydrogen-bond acceptors (Lipinski definition) is 3. The van der Waals surface area contributed by atoms with E-state index in [4.69, 9.17) is 27.9 Å². The molecule has 2 rings (SSSR count). The van der Waals surface area contributed by atoms with Crippen LogP contribution in [0.1, 0.15) is 17.3 Å². The molecule has 0 aliphatic heterocycles. The van der Waals surface area contributed by atoms with Crippen molar-refractivity contribution in [3.8, 4) is 11.1 Å². The maximum Gasteiger partial charge on any atom is 0.339 e. The Morgan fingerprint density at radius 3 is 2.65 bits per heavy atom. The van der Waals surface area contributed by atoms with Crippen molar-refractivity contribution in [3.05, 3.63) is 56.4 Å². The number of H-pyrrole nitrogens is 1. The number of hydrogen-bond donors (Lipinski definition) is 1. The van der Waals surface area contributed by atoms with Gasteiger partial charge in [-0.25, -0.2) is 4.79 Å². The summed E-state index contributed by atoms with van der Waals surface area (Å²) in [7, 11) is 0. The number of aromatic nitrogens is 1. The third kappa shape index (κ3) is 2.86. The zero-order chi connectivity index (χ0) is 14.7. The highest BCUT2D eigenvalue weighted by molar-refractivity contribution is 6.42. The molecule has 0 saturated heterocycles. The number of pyridine rings is 1. The number of rotatable bonds is 3. The van der Waals surface area contributed by atoms with E-state index in [0.29, 0.717) is 15.6 Å². The summed E-state index contributed by atoms with van der Waals surface area (Å²) < 4.78 is 4.95. The van der Waals surface area contributed by atoms with Crippen LogP contribution in [0.4, 0.5) is 0 Å². The third-order valence-corrected chi connectivity index (χ3v) is 3.40. The summed E-state index contributed by atoms with van der Waals surface area (Å²) in [6.45, 7) is 1.93. The van der Waals surface area contributed by atoms with Crippen molar-refractivity contribution in [2.24, 2.45) is 0 Å². The minimum Gasteiger partial charge on any atom is -0.462 e. The van der Waals surface area contributed by atoms with Gasteiger partial charge in [0.15, 0.2) is 0 Å². The monoisotopic (exact) mass is 311 g/mol. The average molecular weight is 312 g/mol. The highest BCUT2D eigenvalue weighted by Gasteiger charge is 2.17. The highest BCUT2D eigenvalue weighted by atomic mass is 35.5. The molecule has 0 bridgehead atoms. The molecular formula is C14H11Cl2NO3. The third-order valence-electron chi connectivity index (χ3n) is 2.66. The summed E-state index contributed by atoms with van der Waals surface area (Å²) in [6.07, 6.45) is 1.40. The lowest BCUT2D eigenvalue weighted by atomic mass is 10.0. The van der Waals surface area contributed by atoms with Crippen LogP contribution in [-0.4, -0.2) is 17.6 Å². The predicted octanol–water partition coefficient (Wildman–Crippen LogP) is 3.53. The second-order valence-corrected chi connectivity index (χ2v) is 4.76. The van der Waals surface area contributed by atoms with Gasteiger partial charge in [-0.05, 0) is 30.7 Å². The quantitative estimate of drug-likeness (QED) is 0.882. The molecule has 2 aromatic rings. The van der Waals surface area contributed by atoms with E-state index in [9.17, 15) is 9.59 Å². The van der Waals surface area contributed by atoms with E-state index in [2.05, 4.69) is 4.98 Å². The molecule has 0 spiro atoms. The van der Waals surface area contributed by atoms with Crippen LogP contribution in [0.2, 0.25) is 10.0 Å². The maximum absolute atomic E-state index is 12.0. The van der Waals surface area contributed by atoms with Gasteiger partial charge in [0.1, 0.15) is 0 Å². The van der Waals surface area contributed by atoms with E-state index in [1.807, 2.05) is 0 Å². The van der Waals surface area contributed by atoms with Crippen molar-refractivity contribution >= 4 is 29.2 Å². The summed E-state index contributed by atoms with van der Waals surface area (Å²) in [5.41, 5.74) is 0.511. The first-order valence-electron chi connectivity index (χ1n) is 5.88. The second kappa shape index (κ2) is 6.11. The molecule has 1 N–H and O–H groups in total. The number of carbonyl (C=O) groups is 1. The number of aromatic amines is 1. The van der Waals surface area contributed by atoms with Crippen molar-refractivity contribution < 1.29 is 9.53 Å². The van der Waals surface area contributed by atoms with Gasteiger partial charge in [0.05, 0.1) is 27.8 Å². The van der Waals surface area contributed by atoms with Crippen molar-refractivity contribution in [2.75, 3.05) is 6.61 Å². The van der Waals surface area contributed by atoms with Gasteiger partial charge in [-0.15, -0.1) is 0 Å². The fourth-order valence-corrected chi connectivity index (χ4v) is 2.09. The summed E-state index contributed by atoms with van der Waals surface area (Å²) in [6, 6.07) is 6.23. The van der Waals surface area contributed by atoms with Crippen LogP contribution < -0.4 is 5.56 Å². The van der Waals surface area contributed by atoms with Gasteiger partial charge in [0, 0.05) is 6.20 Å². The molecule has 0 radical (unpaired) electrons. The zero-order valence-electron chi connectivity index (χ0n) is 10.6. The first kappa shape index (κ1) is 14.6. The highest BCUT2D eigenvalue weighted by Crippen LogP contribution is 2.28. The lowest BCUT2D eigenvalue weighted by molar-refractivity contribution is 0.0527. The van der Waals surface area contributed by atoms with Crippen LogP contribution in [0, 0.1) is 0 Å². The average Bonchev–Trinajstić information content (AvgIpc) is 2.42. The predicted molar refractivity (Wildman–Crippen MR) is 78.5 cm³/mol. The fraction of sp³-hybridized carbons (Fsp3) is 0.143. The van der Waals surface area contributed by atoms with Crippen LogP contribution in [0.25, 0.3) is 11.1 Å². The number of benzene rings is 1. The van der Waals surface area contributed by atoms with Gasteiger partial charge in [-0.1, -0.05) is 29.3 Å². The van der Waals surface area contributed by atoms with Crippen molar-refractivity contribution in [3.63, 3.8) is 0 Å². The number of esters is 1. The molecule has 6 heteroatoms. The number of halogens is 2. The van der Waals surface area contributed by atoms with Gasteiger partial charge in [0.2, 0.25) is 0 Å². The van der Waals surface area contributed by atoms with Crippen molar-refractivity contribution in [1.82, 2.24) is 4.98 Å². The Morgan fingerprint density at radius 2 is 2.00 bits per heavy atom. The Balaban J connectivity index is 2.63. The molecule has 104 valence electrons. The topological polar surface area (TPSA) is 59.2 Å². The van der Waals surface area contributed by atoms with Crippen molar-refractivity contribution in [2.45, 2.75) is 6.92 Å². The summed E-state index contributed by atoms with van der Waals surface area (Å²) in [5, 5.41) is 0.683. The number of ether oxygens (including phenoxy) is 1. The minimum atomic E-state index is -0.556. The zero-order valence-corrected chi connectivity index (χ0v) is 12.1. The molecule has 1 aromatic carbocycles. The smallest absolute Gasteiger partial charge is 0.339 e. The Bertz CT molecular complexity index is 710. The molecule has 20 heavy (non-hydrogen) atoms. The minimum absolute atomic E-state index is 0.189. The standard InChI is InChI=1S/C14H11Cl2NO3/c1-2-20-14(19)9-5-6-17-13(18)12(9)8-3-4-10(15)11(16)7-8/h3-7H,2H2,1H3,(H,17,18). The summed E-state index contributed by atoms with van der Waals surface area (Å²) in [4.78, 5) is 26.4. The first-order chi connectivity index (χ1) is 9.54. The molecule has 1 aromatic heterocycles. The first-order valence-corrected chi connectivity index (χ1v) is 6.64. The van der Waals surface area contributed by atoms with E-state index < -0.39 is 11.5 Å². The SMILES string of the molecule is CCOC(=O)c1cc[nH]c(=O)c1-c1ccc(Cl)c(Cl)c1. The molecule has 0 amide bonds. The van der Waals surface area contributed by atoms with Gasteiger partial charge in [0.25, 0.3) is 5.56 Å². The van der Waals surface area contributed by atoms with Crippen LogP contribution >= 0.6 is 23.2 Å². The Labute approximate surface area is 125 Å². The van der Waals surface area contributed by atoms with Crippen LogP contribution in [0.15, 0.2) is 35.3 Å².